The number of hydrogen-bond acceptors (Lipinski definition) is 4. The highest BCUT2D eigenvalue weighted by Crippen LogP contribution is 2.24. The molecule has 2 N–H and O–H groups in total. The molecule has 2 heterocycles. The summed E-state index contributed by atoms with van der Waals surface area (Å²) >= 11 is 0. The van der Waals surface area contributed by atoms with E-state index < -0.39 is 5.97 Å². The van der Waals surface area contributed by atoms with Gasteiger partial charge < -0.3 is 15.3 Å². The number of allylic oxidation sites excluding steroid dienone is 1. The number of aliphatic carboxylic acids is 1. The second-order valence-electron chi connectivity index (χ2n) is 6.49. The summed E-state index contributed by atoms with van der Waals surface area (Å²) in [6.07, 6.45) is 6.34. The van der Waals surface area contributed by atoms with Gasteiger partial charge in [-0.05, 0) is 43.2 Å². The predicted molar refractivity (Wildman–Crippen MR) is 103 cm³/mol. The van der Waals surface area contributed by atoms with Crippen molar-refractivity contribution in [2.75, 3.05) is 11.9 Å². The van der Waals surface area contributed by atoms with Gasteiger partial charge in [0.15, 0.2) is 0 Å². The van der Waals surface area contributed by atoms with Crippen LogP contribution in [0.25, 0.3) is 6.08 Å². The largest absolute Gasteiger partial charge is 0.478 e. The number of carbonyl (C=O) groups is 2. The first-order valence-electron chi connectivity index (χ1n) is 8.63. The summed E-state index contributed by atoms with van der Waals surface area (Å²) in [7, 11) is 1.86. The van der Waals surface area contributed by atoms with Gasteiger partial charge in [-0.2, -0.15) is 5.10 Å². The van der Waals surface area contributed by atoms with Gasteiger partial charge in [0.25, 0.3) is 5.91 Å². The fourth-order valence-electron chi connectivity index (χ4n) is 3.07. The molecule has 0 saturated heterocycles. The van der Waals surface area contributed by atoms with E-state index in [-0.39, 0.29) is 5.91 Å². The highest BCUT2D eigenvalue weighted by molar-refractivity contribution is 5.95. The zero-order valence-electron chi connectivity index (χ0n) is 15.6. The molecule has 0 fully saturated rings. The summed E-state index contributed by atoms with van der Waals surface area (Å²) in [5.41, 5.74) is 4.08. The number of aromatic nitrogens is 2. The third-order valence-corrected chi connectivity index (χ3v) is 4.57. The van der Waals surface area contributed by atoms with Crippen molar-refractivity contribution in [3.8, 4) is 0 Å². The Hall–Kier alpha value is -3.35. The highest BCUT2D eigenvalue weighted by atomic mass is 16.4. The molecule has 0 saturated carbocycles. The van der Waals surface area contributed by atoms with Gasteiger partial charge in [0.05, 0.1) is 19.3 Å². The molecule has 0 atom stereocenters. The molecule has 2 aromatic rings. The molecule has 0 unspecified atom stereocenters. The molecule has 7 nitrogen and oxygen atoms in total. The molecule has 0 aliphatic carbocycles. The fourth-order valence-corrected chi connectivity index (χ4v) is 3.07. The number of benzene rings is 1. The van der Waals surface area contributed by atoms with Crippen molar-refractivity contribution in [1.82, 2.24) is 14.7 Å². The Balaban J connectivity index is 1.88. The number of rotatable bonds is 3. The first-order valence-corrected chi connectivity index (χ1v) is 8.63. The van der Waals surface area contributed by atoms with Gasteiger partial charge in [0.2, 0.25) is 0 Å². The third kappa shape index (κ3) is 3.92. The second kappa shape index (κ2) is 7.49. The lowest BCUT2D eigenvalue weighted by Gasteiger charge is -2.21. The highest BCUT2D eigenvalue weighted by Gasteiger charge is 2.24. The summed E-state index contributed by atoms with van der Waals surface area (Å²) in [5.74, 6) is -0.189. The fraction of sp³-hybridized carbons (Fsp3) is 0.250. The zero-order chi connectivity index (χ0) is 19.6. The monoisotopic (exact) mass is 366 g/mol. The molecular weight excluding hydrogens is 344 g/mol. The van der Waals surface area contributed by atoms with Crippen molar-refractivity contribution in [2.24, 2.45) is 7.05 Å². The van der Waals surface area contributed by atoms with Crippen molar-refractivity contribution >= 4 is 23.8 Å². The van der Waals surface area contributed by atoms with Crippen LogP contribution in [0.2, 0.25) is 0 Å². The molecule has 7 heteroatoms. The number of aryl methyl sites for hydroxylation is 2. The van der Waals surface area contributed by atoms with Crippen LogP contribution < -0.4 is 5.32 Å². The maximum absolute atomic E-state index is 13.1. The van der Waals surface area contributed by atoms with Crippen molar-refractivity contribution in [1.29, 1.82) is 0 Å². The number of amides is 1. The number of nitrogens with one attached hydrogen (secondary N) is 1. The van der Waals surface area contributed by atoms with E-state index >= 15 is 0 Å². The second-order valence-corrected chi connectivity index (χ2v) is 6.49. The van der Waals surface area contributed by atoms with Crippen molar-refractivity contribution < 1.29 is 14.7 Å². The van der Waals surface area contributed by atoms with Gasteiger partial charge in [0.1, 0.15) is 5.82 Å². The Bertz CT molecular complexity index is 956. The average Bonchev–Trinajstić information content (AvgIpc) is 2.87. The zero-order valence-corrected chi connectivity index (χ0v) is 15.6. The smallest absolute Gasteiger partial charge is 0.328 e. The molecule has 1 aliphatic heterocycles. The normalized spacial score (nSPS) is 15.5. The average molecular weight is 366 g/mol. The SMILES string of the molecule is C/C=C1\CN(C(=O)c2ccc(/C=C/C(=O)O)c(C)c2)Cc2cnn(C)c2N1. The van der Waals surface area contributed by atoms with Crippen LogP contribution in [0.4, 0.5) is 5.82 Å². The Kier molecular flexibility index (Phi) is 5.12. The van der Waals surface area contributed by atoms with E-state index in [4.69, 9.17) is 5.11 Å². The number of carbonyl (C=O) groups excluding carboxylic acids is 1. The van der Waals surface area contributed by atoms with E-state index in [1.165, 1.54) is 6.08 Å². The number of anilines is 1. The molecular formula is C20H22N4O3. The Morgan fingerprint density at radius 1 is 1.30 bits per heavy atom. The molecule has 27 heavy (non-hydrogen) atoms. The quantitative estimate of drug-likeness (QED) is 0.816. The van der Waals surface area contributed by atoms with Crippen LogP contribution in [0, 0.1) is 6.92 Å². The van der Waals surface area contributed by atoms with Crippen LogP contribution in [0.3, 0.4) is 0 Å². The molecule has 140 valence electrons. The minimum atomic E-state index is -1.00. The van der Waals surface area contributed by atoms with Gasteiger partial charge in [0, 0.05) is 29.9 Å². The van der Waals surface area contributed by atoms with E-state index in [2.05, 4.69) is 10.4 Å². The standard InChI is InChI=1S/C20H22N4O3/c1-4-17-12-24(11-16-10-21-23(3)19(16)22-17)20(27)15-6-5-14(13(2)9-15)7-8-18(25)26/h4-10,22H,11-12H2,1-3H3,(H,25,26)/b8-7+,17-4+. The van der Waals surface area contributed by atoms with Crippen LogP contribution in [0.5, 0.6) is 0 Å². The van der Waals surface area contributed by atoms with Gasteiger partial charge in [-0.25, -0.2) is 4.79 Å². The van der Waals surface area contributed by atoms with E-state index in [0.29, 0.717) is 18.7 Å². The topological polar surface area (TPSA) is 87.5 Å². The molecule has 1 aromatic heterocycles. The van der Waals surface area contributed by atoms with Crippen molar-refractivity contribution in [3.63, 3.8) is 0 Å². The maximum Gasteiger partial charge on any atom is 0.328 e. The molecule has 0 bridgehead atoms. The number of nitrogens with zero attached hydrogens (tertiary/aromatic N) is 3. The van der Waals surface area contributed by atoms with Crippen molar-refractivity contribution in [2.45, 2.75) is 20.4 Å². The first kappa shape index (κ1) is 18.4. The lowest BCUT2D eigenvalue weighted by atomic mass is 10.0. The van der Waals surface area contributed by atoms with Crippen LogP contribution in [0.1, 0.15) is 34.0 Å². The predicted octanol–water partition coefficient (Wildman–Crippen LogP) is 2.80. The van der Waals surface area contributed by atoms with E-state index in [9.17, 15) is 9.59 Å². The lowest BCUT2D eigenvalue weighted by molar-refractivity contribution is -0.131. The van der Waals surface area contributed by atoms with Gasteiger partial charge in [-0.3, -0.25) is 9.48 Å². The van der Waals surface area contributed by atoms with Gasteiger partial charge >= 0.3 is 5.97 Å². The molecule has 1 aromatic carbocycles. The molecule has 0 radical (unpaired) electrons. The van der Waals surface area contributed by atoms with Crippen molar-refractivity contribution in [3.05, 3.63) is 64.5 Å². The molecule has 0 spiro atoms. The Morgan fingerprint density at radius 2 is 2.07 bits per heavy atom. The van der Waals surface area contributed by atoms with Crippen LogP contribution in [-0.2, 0) is 18.4 Å². The summed E-state index contributed by atoms with van der Waals surface area (Å²) in [6, 6.07) is 5.29. The number of hydrogen-bond donors (Lipinski definition) is 2. The summed E-state index contributed by atoms with van der Waals surface area (Å²) in [6.45, 7) is 4.73. The molecule has 1 aliphatic rings. The van der Waals surface area contributed by atoms with E-state index in [1.807, 2.05) is 27.0 Å². The lowest BCUT2D eigenvalue weighted by Crippen LogP contribution is -2.32. The minimum absolute atomic E-state index is 0.0790. The number of carboxylic acid groups (broad SMARTS) is 1. The van der Waals surface area contributed by atoms with Crippen LogP contribution in [0.15, 0.2) is 42.2 Å². The van der Waals surface area contributed by atoms with Crippen LogP contribution in [-0.4, -0.2) is 38.2 Å². The Morgan fingerprint density at radius 3 is 2.74 bits per heavy atom. The maximum atomic E-state index is 13.1. The number of fused-ring (bicyclic) bond motifs is 1. The summed E-state index contributed by atoms with van der Waals surface area (Å²) < 4.78 is 1.76. The Labute approximate surface area is 157 Å². The summed E-state index contributed by atoms with van der Waals surface area (Å²) in [5, 5.41) is 16.4. The van der Waals surface area contributed by atoms with Crippen LogP contribution >= 0.6 is 0 Å². The van der Waals surface area contributed by atoms with Gasteiger partial charge in [-0.15, -0.1) is 0 Å². The summed E-state index contributed by atoms with van der Waals surface area (Å²) in [4.78, 5) is 25.6. The third-order valence-electron chi connectivity index (χ3n) is 4.57. The van der Waals surface area contributed by atoms with Gasteiger partial charge in [-0.1, -0.05) is 12.1 Å². The minimum Gasteiger partial charge on any atom is -0.478 e. The first-order chi connectivity index (χ1) is 12.9. The molecule has 1 amide bonds. The van der Waals surface area contributed by atoms with E-state index in [0.717, 1.165) is 34.3 Å². The molecule has 3 rings (SSSR count). The number of carboxylic acids is 1. The van der Waals surface area contributed by atoms with E-state index in [1.54, 1.807) is 34.0 Å².